The lowest BCUT2D eigenvalue weighted by Crippen LogP contribution is -2.03. The quantitative estimate of drug-likeness (QED) is 0.418. The molecule has 7 heteroatoms. The molecule has 4 aromatic rings. The maximum Gasteiger partial charge on any atom is 0.345 e. The van der Waals surface area contributed by atoms with E-state index >= 15 is 0 Å². The highest BCUT2D eigenvalue weighted by Gasteiger charge is 2.25. The minimum atomic E-state index is -0.433. The second-order valence-electron chi connectivity index (χ2n) is 6.34. The largest absolute Gasteiger partial charge is 0.422 e. The predicted molar refractivity (Wildman–Crippen MR) is 109 cm³/mol. The van der Waals surface area contributed by atoms with Crippen molar-refractivity contribution in [3.05, 3.63) is 81.5 Å². The molecule has 2 aromatic heterocycles. The fourth-order valence-corrected chi connectivity index (χ4v) is 3.88. The van der Waals surface area contributed by atoms with E-state index in [-0.39, 0.29) is 12.2 Å². The van der Waals surface area contributed by atoms with E-state index in [2.05, 4.69) is 15.5 Å². The zero-order valence-electron chi connectivity index (χ0n) is 14.5. The Morgan fingerprint density at radius 2 is 1.79 bits per heavy atom. The molecule has 1 aliphatic carbocycles. The number of rotatable bonds is 3. The van der Waals surface area contributed by atoms with E-state index < -0.39 is 5.63 Å². The Morgan fingerprint density at radius 3 is 2.68 bits per heavy atom. The van der Waals surface area contributed by atoms with Gasteiger partial charge in [-0.15, -0.1) is 11.3 Å². The lowest BCUT2D eigenvalue weighted by Gasteiger charge is -2.00. The first-order valence-corrected chi connectivity index (χ1v) is 9.51. The van der Waals surface area contributed by atoms with E-state index in [9.17, 15) is 9.59 Å². The predicted octanol–water partition coefficient (Wildman–Crippen LogP) is 4.32. The molecule has 0 amide bonds. The van der Waals surface area contributed by atoms with E-state index in [0.29, 0.717) is 33.2 Å². The van der Waals surface area contributed by atoms with Crippen molar-refractivity contribution in [3.8, 4) is 11.3 Å². The molecule has 0 fully saturated rings. The number of hydrogen-bond acceptors (Lipinski definition) is 7. The number of carbonyl (C=O) groups is 1. The van der Waals surface area contributed by atoms with E-state index in [1.165, 1.54) is 11.3 Å². The number of para-hydroxylation sites is 1. The Labute approximate surface area is 163 Å². The van der Waals surface area contributed by atoms with Crippen molar-refractivity contribution in [2.75, 3.05) is 5.43 Å². The molecule has 6 nitrogen and oxygen atoms in total. The summed E-state index contributed by atoms with van der Waals surface area (Å²) in [5.41, 5.74) is 6.15. The van der Waals surface area contributed by atoms with Gasteiger partial charge >= 0.3 is 5.63 Å². The Kier molecular flexibility index (Phi) is 3.87. The molecule has 5 rings (SSSR count). The molecule has 0 spiro atoms. The van der Waals surface area contributed by atoms with Gasteiger partial charge in [0.2, 0.25) is 5.13 Å². The molecule has 28 heavy (non-hydrogen) atoms. The van der Waals surface area contributed by atoms with Crippen molar-refractivity contribution >= 4 is 38.9 Å². The average Bonchev–Trinajstić information content (AvgIpc) is 3.31. The summed E-state index contributed by atoms with van der Waals surface area (Å²) < 4.78 is 5.37. The van der Waals surface area contributed by atoms with Crippen molar-refractivity contribution in [1.82, 2.24) is 4.98 Å². The molecule has 2 heterocycles. The van der Waals surface area contributed by atoms with Crippen molar-refractivity contribution in [2.45, 2.75) is 6.42 Å². The van der Waals surface area contributed by atoms with Crippen LogP contribution in [0.3, 0.4) is 0 Å². The van der Waals surface area contributed by atoms with E-state index in [4.69, 9.17) is 4.42 Å². The average molecular weight is 387 g/mol. The van der Waals surface area contributed by atoms with Gasteiger partial charge < -0.3 is 4.42 Å². The summed E-state index contributed by atoms with van der Waals surface area (Å²) in [5.74, 6) is 0.0600. The van der Waals surface area contributed by atoms with Crippen LogP contribution in [0.4, 0.5) is 5.13 Å². The number of benzene rings is 2. The molecule has 0 unspecified atom stereocenters. The van der Waals surface area contributed by atoms with Crippen LogP contribution < -0.4 is 11.1 Å². The number of hydrogen-bond donors (Lipinski definition) is 1. The topological polar surface area (TPSA) is 84.6 Å². The van der Waals surface area contributed by atoms with Crippen LogP contribution in [0.1, 0.15) is 22.3 Å². The van der Waals surface area contributed by atoms with Crippen LogP contribution in [-0.2, 0) is 0 Å². The number of fused-ring (bicyclic) bond motifs is 2. The highest BCUT2D eigenvalue weighted by atomic mass is 32.1. The summed E-state index contributed by atoms with van der Waals surface area (Å²) in [6, 6.07) is 16.5. The number of nitrogens with one attached hydrogen (secondary N) is 1. The third-order valence-corrected chi connectivity index (χ3v) is 5.32. The van der Waals surface area contributed by atoms with Gasteiger partial charge in [0.25, 0.3) is 0 Å². The zero-order chi connectivity index (χ0) is 19.1. The highest BCUT2D eigenvalue weighted by molar-refractivity contribution is 7.14. The highest BCUT2D eigenvalue weighted by Crippen LogP contribution is 2.26. The number of aromatic nitrogens is 1. The van der Waals surface area contributed by atoms with Gasteiger partial charge in [0, 0.05) is 21.9 Å². The van der Waals surface area contributed by atoms with Crippen LogP contribution in [0.2, 0.25) is 0 Å². The number of anilines is 1. The molecular weight excluding hydrogens is 374 g/mol. The van der Waals surface area contributed by atoms with Crippen LogP contribution in [0.25, 0.3) is 22.2 Å². The molecular formula is C21H13N3O3S. The molecule has 2 aromatic carbocycles. The van der Waals surface area contributed by atoms with Crippen LogP contribution in [-0.4, -0.2) is 16.5 Å². The minimum Gasteiger partial charge on any atom is -0.422 e. The normalized spacial score (nSPS) is 14.6. The van der Waals surface area contributed by atoms with Crippen LogP contribution in [0.15, 0.2) is 74.3 Å². The number of Topliss-reactive ketones (excluding diaryl/α,β-unsaturated/α-hetero) is 1. The maximum absolute atomic E-state index is 12.3. The molecule has 1 aliphatic rings. The van der Waals surface area contributed by atoms with Gasteiger partial charge in [0.15, 0.2) is 5.78 Å². The van der Waals surface area contributed by atoms with Crippen molar-refractivity contribution in [3.63, 3.8) is 0 Å². The second-order valence-corrected chi connectivity index (χ2v) is 7.20. The Morgan fingerprint density at radius 1 is 1.00 bits per heavy atom. The number of ketones is 1. The summed E-state index contributed by atoms with van der Waals surface area (Å²) >= 11 is 1.33. The Balaban J connectivity index is 1.44. The molecule has 136 valence electrons. The first-order chi connectivity index (χ1) is 13.7. The number of thiazole rings is 1. The van der Waals surface area contributed by atoms with Crippen molar-refractivity contribution in [2.24, 2.45) is 5.10 Å². The van der Waals surface area contributed by atoms with E-state index in [0.717, 1.165) is 10.9 Å². The molecule has 0 saturated heterocycles. The van der Waals surface area contributed by atoms with Gasteiger partial charge in [-0.1, -0.05) is 42.5 Å². The van der Waals surface area contributed by atoms with Crippen molar-refractivity contribution < 1.29 is 9.21 Å². The molecule has 0 radical (unpaired) electrons. The summed E-state index contributed by atoms with van der Waals surface area (Å²) in [6.07, 6.45) is 0.263. The fourth-order valence-electron chi connectivity index (χ4n) is 3.22. The van der Waals surface area contributed by atoms with Gasteiger partial charge in [-0.05, 0) is 12.1 Å². The summed E-state index contributed by atoms with van der Waals surface area (Å²) in [4.78, 5) is 28.8. The molecule has 0 atom stereocenters. The maximum atomic E-state index is 12.3. The molecule has 0 saturated carbocycles. The fraction of sp³-hybridized carbons (Fsp3) is 0.0476. The summed E-state index contributed by atoms with van der Waals surface area (Å²) in [7, 11) is 0. The Hall–Kier alpha value is -3.58. The van der Waals surface area contributed by atoms with Crippen LogP contribution in [0.5, 0.6) is 0 Å². The van der Waals surface area contributed by atoms with E-state index in [1.54, 1.807) is 23.6 Å². The molecule has 0 aliphatic heterocycles. The van der Waals surface area contributed by atoms with Gasteiger partial charge in [0.1, 0.15) is 5.58 Å². The number of carbonyl (C=O) groups excluding carboxylic acids is 1. The summed E-state index contributed by atoms with van der Waals surface area (Å²) in [6.45, 7) is 0. The third-order valence-electron chi connectivity index (χ3n) is 4.57. The lowest BCUT2D eigenvalue weighted by molar-refractivity contribution is 0.101. The number of nitrogens with zero attached hydrogens (tertiary/aromatic N) is 2. The van der Waals surface area contributed by atoms with Crippen LogP contribution in [0, 0.1) is 0 Å². The van der Waals surface area contributed by atoms with E-state index in [1.807, 2.05) is 36.4 Å². The number of hydrazone groups is 1. The zero-order valence-corrected chi connectivity index (χ0v) is 15.3. The van der Waals surface area contributed by atoms with Crippen molar-refractivity contribution in [1.29, 1.82) is 0 Å². The first kappa shape index (κ1) is 16.6. The Bertz CT molecular complexity index is 1320. The monoisotopic (exact) mass is 387 g/mol. The van der Waals surface area contributed by atoms with Gasteiger partial charge in [-0.25, -0.2) is 9.78 Å². The summed E-state index contributed by atoms with van der Waals surface area (Å²) in [5, 5.41) is 7.50. The molecule has 0 bridgehead atoms. The molecule has 1 N–H and O–H groups in total. The minimum absolute atomic E-state index is 0.0600. The lowest BCUT2D eigenvalue weighted by atomic mass is 10.1. The van der Waals surface area contributed by atoms with Gasteiger partial charge in [0.05, 0.1) is 23.4 Å². The third kappa shape index (κ3) is 2.82. The smallest absolute Gasteiger partial charge is 0.345 e. The van der Waals surface area contributed by atoms with Gasteiger partial charge in [-0.3, -0.25) is 10.2 Å². The standard InChI is InChI=1S/C21H13N3O3S/c25-18-10-16(13-6-2-3-7-14(13)18)23-24-21-22-17(11-28-21)15-9-12-5-1-4-8-19(12)27-20(15)26/h1-9,11H,10H2,(H,22,24). The SMILES string of the molecule is O=C1CC(=NNc2nc(-c3cc4ccccc4oc3=O)cs2)c2ccccc21. The first-order valence-electron chi connectivity index (χ1n) is 8.63. The van der Waals surface area contributed by atoms with Crippen LogP contribution >= 0.6 is 11.3 Å². The second kappa shape index (κ2) is 6.54. The van der Waals surface area contributed by atoms with Gasteiger partial charge in [-0.2, -0.15) is 5.10 Å².